The van der Waals surface area contributed by atoms with E-state index in [1.54, 1.807) is 65.7 Å². The Morgan fingerprint density at radius 1 is 1.02 bits per heavy atom. The number of sulfonamides is 1. The van der Waals surface area contributed by atoms with Gasteiger partial charge in [-0.1, -0.05) is 42.5 Å². The van der Waals surface area contributed by atoms with Gasteiger partial charge in [0.25, 0.3) is 11.8 Å². The molecule has 0 fully saturated rings. The third kappa shape index (κ3) is 5.91. The van der Waals surface area contributed by atoms with E-state index in [9.17, 15) is 18.0 Å². The Morgan fingerprint density at radius 3 is 2.42 bits per heavy atom. The Bertz CT molecular complexity index is 1790. The van der Waals surface area contributed by atoms with E-state index in [1.165, 1.54) is 7.11 Å². The predicted octanol–water partition coefficient (Wildman–Crippen LogP) is 4.83. The smallest absolute Gasteiger partial charge is 0.267 e. The quantitative estimate of drug-likeness (QED) is 0.259. The molecule has 0 spiro atoms. The van der Waals surface area contributed by atoms with Crippen molar-refractivity contribution in [3.8, 4) is 11.5 Å². The van der Waals surface area contributed by atoms with Gasteiger partial charge in [-0.25, -0.2) is 8.42 Å². The summed E-state index contributed by atoms with van der Waals surface area (Å²) in [5.74, 6) is -0.433. The molecule has 0 saturated heterocycles. The van der Waals surface area contributed by atoms with Crippen LogP contribution in [0, 0.1) is 6.92 Å². The van der Waals surface area contributed by atoms with Crippen LogP contribution < -0.4 is 19.1 Å². The van der Waals surface area contributed by atoms with Crippen LogP contribution in [0.25, 0.3) is 10.9 Å². The van der Waals surface area contributed by atoms with E-state index in [2.05, 4.69) is 9.71 Å². The first-order valence-electron chi connectivity index (χ1n) is 13.9. The summed E-state index contributed by atoms with van der Waals surface area (Å²) in [4.78, 5) is 32.8. The van der Waals surface area contributed by atoms with Crippen LogP contribution in [0.1, 0.15) is 52.6 Å². The minimum Gasteiger partial charge on any atom is -0.492 e. The van der Waals surface area contributed by atoms with Crippen LogP contribution in [-0.4, -0.2) is 45.5 Å². The monoisotopic (exact) mass is 603 g/mol. The number of hydrogen-bond acceptors (Lipinski definition) is 8. The summed E-state index contributed by atoms with van der Waals surface area (Å²) in [6.45, 7) is 6.55. The lowest BCUT2D eigenvalue weighted by Gasteiger charge is -2.20. The maximum absolute atomic E-state index is 13.9. The van der Waals surface area contributed by atoms with Gasteiger partial charge in [0.05, 0.1) is 31.1 Å². The van der Waals surface area contributed by atoms with E-state index in [-0.39, 0.29) is 12.5 Å². The molecule has 11 heteroatoms. The molecule has 1 N–H and O–H groups in total. The van der Waals surface area contributed by atoms with Gasteiger partial charge in [0.1, 0.15) is 11.3 Å². The number of carbonyl (C=O) groups is 2. The maximum atomic E-state index is 13.9. The molecule has 3 aromatic carbocycles. The molecule has 0 bridgehead atoms. The van der Waals surface area contributed by atoms with Gasteiger partial charge in [0.15, 0.2) is 11.9 Å². The number of carbonyl (C=O) groups excluding carboxylic acids is 2. The third-order valence-electron chi connectivity index (χ3n) is 7.16. The zero-order chi connectivity index (χ0) is 30.7. The molecule has 0 aliphatic carbocycles. The molecule has 5 rings (SSSR count). The van der Waals surface area contributed by atoms with Crippen LogP contribution in [-0.2, 0) is 31.9 Å². The summed E-state index contributed by atoms with van der Waals surface area (Å²) in [6, 6.07) is 17.4. The lowest BCUT2D eigenvalue weighted by atomic mass is 10.0. The van der Waals surface area contributed by atoms with Crippen molar-refractivity contribution >= 4 is 38.4 Å². The van der Waals surface area contributed by atoms with Crippen molar-refractivity contribution in [2.75, 3.05) is 25.2 Å². The number of pyridine rings is 1. The molecule has 1 aliphatic rings. The van der Waals surface area contributed by atoms with Crippen molar-refractivity contribution < 1.29 is 32.2 Å². The van der Waals surface area contributed by atoms with Gasteiger partial charge < -0.3 is 19.1 Å². The van der Waals surface area contributed by atoms with Crippen molar-refractivity contribution in [3.05, 3.63) is 94.7 Å². The maximum Gasteiger partial charge on any atom is 0.267 e. The summed E-state index contributed by atoms with van der Waals surface area (Å²) in [5.41, 5.74) is 4.07. The van der Waals surface area contributed by atoms with E-state index < -0.39 is 27.8 Å². The zero-order valence-corrected chi connectivity index (χ0v) is 25.2. The molecule has 1 atom stereocenters. The fraction of sp³-hybridized carbons (Fsp3) is 0.281. The van der Waals surface area contributed by atoms with Crippen molar-refractivity contribution in [2.45, 2.75) is 39.2 Å². The lowest BCUT2D eigenvalue weighted by molar-refractivity contribution is -0.129. The number of rotatable bonds is 11. The van der Waals surface area contributed by atoms with Crippen molar-refractivity contribution in [1.29, 1.82) is 0 Å². The first-order valence-corrected chi connectivity index (χ1v) is 15.6. The van der Waals surface area contributed by atoms with Gasteiger partial charge in [-0.05, 0) is 55.7 Å². The van der Waals surface area contributed by atoms with Crippen molar-refractivity contribution in [2.24, 2.45) is 0 Å². The molecule has 0 saturated carbocycles. The first-order chi connectivity index (χ1) is 20.7. The van der Waals surface area contributed by atoms with Crippen LogP contribution in [0.3, 0.4) is 0 Å². The average Bonchev–Trinajstić information content (AvgIpc) is 3.31. The number of anilines is 1. The standard InChI is InChI=1S/C32H33N3O7S/c1-5-41-29-23-13-10-16-33-27(23)30(42-6-2)24-18-35(32(37)26(24)29)25-15-14-21(17-20(25)3)19-43(38,39)34-31(36)28(40-4)22-11-8-7-9-12-22/h7-17,28H,5-6,18-19H2,1-4H3,(H,34,36)/t28-/m0/s1. The Labute approximate surface area is 250 Å². The summed E-state index contributed by atoms with van der Waals surface area (Å²) in [6.07, 6.45) is 0.607. The number of nitrogens with one attached hydrogen (secondary N) is 1. The molecular weight excluding hydrogens is 570 g/mol. The molecule has 2 amide bonds. The first kappa shape index (κ1) is 30.0. The highest BCUT2D eigenvalue weighted by atomic mass is 32.2. The van der Waals surface area contributed by atoms with Gasteiger partial charge in [0, 0.05) is 29.9 Å². The minimum absolute atomic E-state index is 0.239. The number of fused-ring (bicyclic) bond motifs is 2. The van der Waals surface area contributed by atoms with Crippen LogP contribution in [0.5, 0.6) is 11.5 Å². The molecule has 0 radical (unpaired) electrons. The van der Waals surface area contributed by atoms with Gasteiger partial charge in [-0.15, -0.1) is 0 Å². The topological polar surface area (TPSA) is 124 Å². The van der Waals surface area contributed by atoms with E-state index in [1.807, 2.05) is 26.8 Å². The van der Waals surface area contributed by atoms with Gasteiger partial charge in [-0.3, -0.25) is 19.3 Å². The average molecular weight is 604 g/mol. The second-order valence-electron chi connectivity index (χ2n) is 10.0. The predicted molar refractivity (Wildman–Crippen MR) is 163 cm³/mol. The fourth-order valence-corrected chi connectivity index (χ4v) is 6.53. The van der Waals surface area contributed by atoms with Gasteiger partial charge in [0.2, 0.25) is 10.0 Å². The van der Waals surface area contributed by atoms with Crippen LogP contribution in [0.15, 0.2) is 66.9 Å². The normalized spacial score (nSPS) is 13.6. The molecule has 0 unspecified atom stereocenters. The Hall–Kier alpha value is -4.48. The summed E-state index contributed by atoms with van der Waals surface area (Å²) in [7, 11) is -2.70. The van der Waals surface area contributed by atoms with E-state index in [0.717, 1.165) is 0 Å². The minimum atomic E-state index is -4.05. The Morgan fingerprint density at radius 2 is 1.74 bits per heavy atom. The molecule has 1 aliphatic heterocycles. The summed E-state index contributed by atoms with van der Waals surface area (Å²) < 4.78 is 45.3. The number of benzene rings is 3. The van der Waals surface area contributed by atoms with Crippen LogP contribution >= 0.6 is 0 Å². The van der Waals surface area contributed by atoms with E-state index in [4.69, 9.17) is 14.2 Å². The highest BCUT2D eigenvalue weighted by Gasteiger charge is 2.37. The highest BCUT2D eigenvalue weighted by Crippen LogP contribution is 2.45. The van der Waals surface area contributed by atoms with Crippen molar-refractivity contribution in [3.63, 3.8) is 0 Å². The number of ether oxygens (including phenoxy) is 3. The molecule has 10 nitrogen and oxygen atoms in total. The van der Waals surface area contributed by atoms with E-state index >= 15 is 0 Å². The number of methoxy groups -OCH3 is 1. The summed E-state index contributed by atoms with van der Waals surface area (Å²) >= 11 is 0. The molecule has 1 aromatic heterocycles. The molecule has 224 valence electrons. The SMILES string of the molecule is CCOc1c2c(c(OCC)c3ncccc13)CN(c1ccc(CS(=O)(=O)NC(=O)[C@@H](OC)c3ccccc3)cc1C)C2=O. The fourth-order valence-electron chi connectivity index (χ4n) is 5.42. The number of amides is 2. The van der Waals surface area contributed by atoms with Crippen LogP contribution in [0.2, 0.25) is 0 Å². The van der Waals surface area contributed by atoms with Gasteiger partial charge >= 0.3 is 0 Å². The Balaban J connectivity index is 1.41. The second kappa shape index (κ2) is 12.4. The van der Waals surface area contributed by atoms with Crippen molar-refractivity contribution in [1.82, 2.24) is 9.71 Å². The Kier molecular flexibility index (Phi) is 8.65. The second-order valence-corrected chi connectivity index (χ2v) is 11.8. The largest absolute Gasteiger partial charge is 0.492 e. The summed E-state index contributed by atoms with van der Waals surface area (Å²) in [5, 5.41) is 0.698. The zero-order valence-electron chi connectivity index (χ0n) is 24.4. The van der Waals surface area contributed by atoms with Gasteiger partial charge in [-0.2, -0.15) is 0 Å². The number of aromatic nitrogens is 1. The van der Waals surface area contributed by atoms with E-state index in [0.29, 0.717) is 69.1 Å². The number of aryl methyl sites for hydroxylation is 1. The van der Waals surface area contributed by atoms with Crippen LogP contribution in [0.4, 0.5) is 5.69 Å². The third-order valence-corrected chi connectivity index (χ3v) is 8.39. The molecule has 4 aromatic rings. The molecule has 2 heterocycles. The molecule has 43 heavy (non-hydrogen) atoms. The lowest BCUT2D eigenvalue weighted by Crippen LogP contribution is -2.36. The number of hydrogen-bond donors (Lipinski definition) is 1. The highest BCUT2D eigenvalue weighted by molar-refractivity contribution is 7.89. The molecular formula is C32H33N3O7S. The number of nitrogens with zero attached hydrogens (tertiary/aromatic N) is 2.